The lowest BCUT2D eigenvalue weighted by Crippen LogP contribution is -2.27. The van der Waals surface area contributed by atoms with Crippen molar-refractivity contribution >= 4 is 6.34 Å². The summed E-state index contributed by atoms with van der Waals surface area (Å²) in [6.45, 7) is 0.274. The molecule has 0 saturated heterocycles. The molecule has 0 aliphatic carbocycles. The van der Waals surface area contributed by atoms with Crippen LogP contribution in [0.25, 0.3) is 0 Å². The Hall–Kier alpha value is -0.610. The van der Waals surface area contributed by atoms with E-state index >= 15 is 0 Å². The van der Waals surface area contributed by atoms with E-state index in [1.54, 1.807) is 0 Å². The molecule has 2 N–H and O–H groups in total. The molecular weight excluding hydrogens is 96.0 g/mol. The number of aliphatic imine (C=N–C) groups is 1. The number of aliphatic hydroxyl groups is 1. The van der Waals surface area contributed by atoms with E-state index in [9.17, 15) is 0 Å². The molecule has 1 heterocycles. The second kappa shape index (κ2) is 1.48. The highest BCUT2D eigenvalue weighted by molar-refractivity contribution is 5.55. The maximum atomic E-state index is 8.55. The smallest absolute Gasteiger partial charge is 0.171 e. The van der Waals surface area contributed by atoms with Crippen LogP contribution in [0.15, 0.2) is 4.99 Å². The second-order valence-corrected chi connectivity index (χ2v) is 1.34. The van der Waals surface area contributed by atoms with Crippen molar-refractivity contribution in [1.29, 1.82) is 0 Å². The van der Waals surface area contributed by atoms with Crippen LogP contribution in [-0.4, -0.2) is 34.5 Å². The van der Waals surface area contributed by atoms with Gasteiger partial charge in [-0.25, -0.2) is 5.06 Å². The molecule has 0 aromatic rings. The molecule has 0 radical (unpaired) electrons. The Morgan fingerprint density at radius 2 is 2.57 bits per heavy atom. The quantitative estimate of drug-likeness (QED) is 0.414. The first-order valence-electron chi connectivity index (χ1n) is 1.96. The average molecular weight is 102 g/mol. The Morgan fingerprint density at radius 3 is 2.71 bits per heavy atom. The van der Waals surface area contributed by atoms with Crippen LogP contribution in [0, 0.1) is 0 Å². The van der Waals surface area contributed by atoms with Crippen LogP contribution in [-0.2, 0) is 0 Å². The topological polar surface area (TPSA) is 56.1 Å². The molecule has 1 unspecified atom stereocenters. The van der Waals surface area contributed by atoms with Gasteiger partial charge >= 0.3 is 0 Å². The fourth-order valence-corrected chi connectivity index (χ4v) is 0.386. The summed E-state index contributed by atoms with van der Waals surface area (Å²) in [6.07, 6.45) is 0.366. The SMILES string of the molecule is OC1CN=CN1O. The zero-order chi connectivity index (χ0) is 5.28. The summed E-state index contributed by atoms with van der Waals surface area (Å²) in [4.78, 5) is 3.55. The standard InChI is InChI=1S/C3H6N2O2/c6-3-1-4-2-5(3)7/h2-3,6-7H,1H2. The van der Waals surface area contributed by atoms with E-state index in [0.29, 0.717) is 5.06 Å². The second-order valence-electron chi connectivity index (χ2n) is 1.34. The predicted molar refractivity (Wildman–Crippen MR) is 23.0 cm³/mol. The van der Waals surface area contributed by atoms with E-state index in [0.717, 1.165) is 0 Å². The molecule has 1 aliphatic rings. The highest BCUT2D eigenvalue weighted by Crippen LogP contribution is 1.94. The van der Waals surface area contributed by atoms with Gasteiger partial charge in [-0.05, 0) is 0 Å². The van der Waals surface area contributed by atoms with Crippen LogP contribution in [0.1, 0.15) is 0 Å². The summed E-state index contributed by atoms with van der Waals surface area (Å²) in [5.41, 5.74) is 0. The Kier molecular flexibility index (Phi) is 0.958. The van der Waals surface area contributed by atoms with Gasteiger partial charge in [0, 0.05) is 0 Å². The summed E-state index contributed by atoms with van der Waals surface area (Å²) >= 11 is 0. The molecule has 0 bridgehead atoms. The van der Waals surface area contributed by atoms with Crippen molar-refractivity contribution < 1.29 is 10.3 Å². The van der Waals surface area contributed by atoms with Crippen molar-refractivity contribution in [1.82, 2.24) is 5.06 Å². The molecule has 1 aliphatic heterocycles. The normalized spacial score (nSPS) is 29.4. The molecule has 7 heavy (non-hydrogen) atoms. The Morgan fingerprint density at radius 1 is 1.86 bits per heavy atom. The minimum atomic E-state index is -0.819. The molecular formula is C3H6N2O2. The Balaban J connectivity index is 2.45. The maximum absolute atomic E-state index is 8.55. The minimum absolute atomic E-state index is 0.274. The van der Waals surface area contributed by atoms with Gasteiger partial charge in [-0.2, -0.15) is 0 Å². The third kappa shape index (κ3) is 0.703. The van der Waals surface area contributed by atoms with Crippen molar-refractivity contribution in [2.75, 3.05) is 6.54 Å². The third-order valence-corrected chi connectivity index (χ3v) is 0.774. The largest absolute Gasteiger partial charge is 0.370 e. The van der Waals surface area contributed by atoms with E-state index in [1.807, 2.05) is 0 Å². The van der Waals surface area contributed by atoms with Gasteiger partial charge in [-0.15, -0.1) is 0 Å². The van der Waals surface area contributed by atoms with Crippen LogP contribution in [0.2, 0.25) is 0 Å². The molecule has 4 nitrogen and oxygen atoms in total. The fourth-order valence-electron chi connectivity index (χ4n) is 0.386. The highest BCUT2D eigenvalue weighted by atomic mass is 16.5. The first kappa shape index (κ1) is 4.55. The number of hydrogen-bond acceptors (Lipinski definition) is 4. The lowest BCUT2D eigenvalue weighted by molar-refractivity contribution is -0.117. The molecule has 1 rings (SSSR count). The van der Waals surface area contributed by atoms with Gasteiger partial charge in [0.05, 0.1) is 6.54 Å². The molecule has 0 aromatic carbocycles. The van der Waals surface area contributed by atoms with Crippen molar-refractivity contribution in [3.05, 3.63) is 0 Å². The summed E-state index contributed by atoms with van der Waals surface area (Å²) in [5.74, 6) is 0. The molecule has 4 heteroatoms. The van der Waals surface area contributed by atoms with Gasteiger partial charge in [0.15, 0.2) is 6.23 Å². The number of hydrogen-bond donors (Lipinski definition) is 2. The minimum Gasteiger partial charge on any atom is -0.370 e. The van der Waals surface area contributed by atoms with Gasteiger partial charge < -0.3 is 5.11 Å². The molecule has 0 saturated carbocycles. The van der Waals surface area contributed by atoms with E-state index in [4.69, 9.17) is 10.3 Å². The predicted octanol–water partition coefficient (Wildman–Crippen LogP) is -0.962. The molecule has 0 aromatic heterocycles. The lowest BCUT2D eigenvalue weighted by Gasteiger charge is -2.07. The van der Waals surface area contributed by atoms with E-state index < -0.39 is 6.23 Å². The number of hydroxylamine groups is 2. The van der Waals surface area contributed by atoms with Gasteiger partial charge in [0.1, 0.15) is 6.34 Å². The lowest BCUT2D eigenvalue weighted by atomic mass is 10.6. The Labute approximate surface area is 40.7 Å². The fraction of sp³-hybridized carbons (Fsp3) is 0.667. The van der Waals surface area contributed by atoms with Crippen LogP contribution < -0.4 is 0 Å². The van der Waals surface area contributed by atoms with Crippen molar-refractivity contribution in [2.24, 2.45) is 4.99 Å². The summed E-state index contributed by atoms with van der Waals surface area (Å²) in [7, 11) is 0. The number of rotatable bonds is 0. The zero-order valence-electron chi connectivity index (χ0n) is 3.65. The first-order chi connectivity index (χ1) is 3.30. The summed E-state index contributed by atoms with van der Waals surface area (Å²) in [5, 5.41) is 17.6. The van der Waals surface area contributed by atoms with Crippen molar-refractivity contribution in [2.45, 2.75) is 6.23 Å². The van der Waals surface area contributed by atoms with E-state index in [1.165, 1.54) is 6.34 Å². The van der Waals surface area contributed by atoms with Crippen LogP contribution in [0.3, 0.4) is 0 Å². The highest BCUT2D eigenvalue weighted by Gasteiger charge is 2.12. The molecule has 0 spiro atoms. The van der Waals surface area contributed by atoms with E-state index in [-0.39, 0.29) is 6.54 Å². The zero-order valence-corrected chi connectivity index (χ0v) is 3.65. The number of aliphatic hydroxyl groups excluding tert-OH is 1. The van der Waals surface area contributed by atoms with Crippen LogP contribution in [0.5, 0.6) is 0 Å². The first-order valence-corrected chi connectivity index (χ1v) is 1.96. The maximum Gasteiger partial charge on any atom is 0.171 e. The van der Waals surface area contributed by atoms with E-state index in [2.05, 4.69) is 4.99 Å². The van der Waals surface area contributed by atoms with Crippen molar-refractivity contribution in [3.8, 4) is 0 Å². The third-order valence-electron chi connectivity index (χ3n) is 0.774. The van der Waals surface area contributed by atoms with Gasteiger partial charge in [0.25, 0.3) is 0 Å². The molecule has 0 fully saturated rings. The van der Waals surface area contributed by atoms with Gasteiger partial charge in [-0.3, -0.25) is 10.2 Å². The van der Waals surface area contributed by atoms with Gasteiger partial charge in [-0.1, -0.05) is 0 Å². The average Bonchev–Trinajstić information content (AvgIpc) is 1.91. The molecule has 0 amide bonds. The molecule has 1 atom stereocenters. The van der Waals surface area contributed by atoms with Gasteiger partial charge in [0.2, 0.25) is 0 Å². The summed E-state index contributed by atoms with van der Waals surface area (Å²) < 4.78 is 0. The Bertz CT molecular complexity index is 92.9. The monoisotopic (exact) mass is 102 g/mol. The van der Waals surface area contributed by atoms with Crippen LogP contribution >= 0.6 is 0 Å². The number of nitrogens with zero attached hydrogens (tertiary/aromatic N) is 2. The van der Waals surface area contributed by atoms with Crippen molar-refractivity contribution in [3.63, 3.8) is 0 Å². The van der Waals surface area contributed by atoms with Crippen LogP contribution in [0.4, 0.5) is 0 Å². The summed E-state index contributed by atoms with van der Waals surface area (Å²) in [6, 6.07) is 0. The molecule has 40 valence electrons.